The third kappa shape index (κ3) is 6.08. The molecule has 0 aliphatic carbocycles. The normalized spacial score (nSPS) is 11.3. The summed E-state index contributed by atoms with van der Waals surface area (Å²) in [6.45, 7) is 1.94. The molecule has 0 saturated carbocycles. The van der Waals surface area contributed by atoms with Crippen molar-refractivity contribution in [3.05, 3.63) is 91.7 Å². The van der Waals surface area contributed by atoms with Crippen molar-refractivity contribution in [2.24, 2.45) is 0 Å². The van der Waals surface area contributed by atoms with Crippen molar-refractivity contribution >= 4 is 56.1 Å². The van der Waals surface area contributed by atoms with Crippen molar-refractivity contribution in [2.45, 2.75) is 13.5 Å². The lowest BCUT2D eigenvalue weighted by atomic mass is 10.00. The number of aryl methyl sites for hydroxylation is 1. The summed E-state index contributed by atoms with van der Waals surface area (Å²) in [5.74, 6) is 5.53. The van der Waals surface area contributed by atoms with Crippen LogP contribution in [0.3, 0.4) is 0 Å². The lowest BCUT2D eigenvalue weighted by Crippen LogP contribution is -2.24. The van der Waals surface area contributed by atoms with Crippen LogP contribution in [0.15, 0.2) is 52.9 Å². The summed E-state index contributed by atoms with van der Waals surface area (Å²) in [6.07, 6.45) is 6.41. The van der Waals surface area contributed by atoms with Gasteiger partial charge in [0, 0.05) is 46.4 Å². The van der Waals surface area contributed by atoms with E-state index in [0.29, 0.717) is 49.9 Å². The molecule has 5 aromatic rings. The Labute approximate surface area is 260 Å². The van der Waals surface area contributed by atoms with Crippen LogP contribution in [-0.4, -0.2) is 62.3 Å². The van der Waals surface area contributed by atoms with Gasteiger partial charge in [-0.3, -0.25) is 19.3 Å². The minimum Gasteiger partial charge on any atom is -0.478 e. The highest BCUT2D eigenvalue weighted by molar-refractivity contribution is 7.18. The summed E-state index contributed by atoms with van der Waals surface area (Å²) in [5.41, 5.74) is 2.87. The molecule has 0 aliphatic rings. The summed E-state index contributed by atoms with van der Waals surface area (Å²) < 4.78 is 14.7. The van der Waals surface area contributed by atoms with Gasteiger partial charge < -0.3 is 10.0 Å². The van der Waals surface area contributed by atoms with Gasteiger partial charge in [-0.2, -0.15) is 5.26 Å². The fourth-order valence-corrected chi connectivity index (χ4v) is 5.90. The third-order valence-electron chi connectivity index (χ3n) is 6.91. The number of nitrogens with zero attached hydrogens (tertiary/aromatic N) is 6. The first-order valence-electron chi connectivity index (χ1n) is 13.3. The van der Waals surface area contributed by atoms with Crippen molar-refractivity contribution in [3.8, 4) is 29.0 Å². The van der Waals surface area contributed by atoms with Gasteiger partial charge in [0.1, 0.15) is 18.6 Å². The maximum atomic E-state index is 13.7. The molecule has 0 atom stereocenters. The fraction of sp³-hybridized carbons (Fsp3) is 0.188. The van der Waals surface area contributed by atoms with E-state index in [9.17, 15) is 24.3 Å². The Bertz CT molecular complexity index is 2120. The van der Waals surface area contributed by atoms with Crippen LogP contribution in [0, 0.1) is 30.1 Å². The van der Waals surface area contributed by atoms with Crippen LogP contribution in [0.2, 0.25) is 5.02 Å². The number of halogens is 2. The number of aromatic carboxylic acids is 1. The van der Waals surface area contributed by atoms with E-state index in [2.05, 4.69) is 32.9 Å². The number of alkyl halides is 1. The van der Waals surface area contributed by atoms with Gasteiger partial charge in [-0.05, 0) is 44.3 Å². The standard InChI is InChI=1S/C32H24ClFN6O3S/c1-19-38-27-17-37-26(6-4-12-39(2)14-10-34)24(16-35)28(27)31(41)40(19)13-3-5-20-7-8-21(33)15-23(20)22-9-11-36-29-25(32(42)43)18-44-30(22)29/h4,6-9,11,15,17-18H,10,12-14H2,1-2H3,(H,42,43)/b6-4+. The zero-order valence-corrected chi connectivity index (χ0v) is 25.2. The zero-order chi connectivity index (χ0) is 31.4. The van der Waals surface area contributed by atoms with Crippen molar-refractivity contribution < 1.29 is 14.3 Å². The lowest BCUT2D eigenvalue weighted by Gasteiger charge is -2.11. The molecule has 0 aliphatic heterocycles. The molecule has 0 amide bonds. The molecule has 220 valence electrons. The van der Waals surface area contributed by atoms with Crippen molar-refractivity contribution in [1.82, 2.24) is 24.4 Å². The Kier molecular flexibility index (Phi) is 9.12. The number of likely N-dealkylation sites (N-methyl/N-ethyl adjacent to an activating group) is 1. The van der Waals surface area contributed by atoms with Crippen LogP contribution in [-0.2, 0) is 6.54 Å². The molecule has 4 aromatic heterocycles. The summed E-state index contributed by atoms with van der Waals surface area (Å²) in [6, 6.07) is 9.10. The number of aromatic nitrogens is 4. The van der Waals surface area contributed by atoms with Gasteiger partial charge in [-0.15, -0.1) is 11.3 Å². The van der Waals surface area contributed by atoms with E-state index in [0.717, 1.165) is 5.56 Å². The van der Waals surface area contributed by atoms with Gasteiger partial charge >= 0.3 is 5.97 Å². The molecule has 1 aromatic carbocycles. The third-order valence-corrected chi connectivity index (χ3v) is 8.15. The van der Waals surface area contributed by atoms with E-state index >= 15 is 0 Å². The van der Waals surface area contributed by atoms with E-state index < -0.39 is 18.2 Å². The average Bonchev–Trinajstić information content (AvgIpc) is 3.44. The number of pyridine rings is 2. The van der Waals surface area contributed by atoms with Gasteiger partial charge in [-0.1, -0.05) is 29.5 Å². The number of carbonyl (C=O) groups is 1. The number of thiophene rings is 1. The van der Waals surface area contributed by atoms with Crippen LogP contribution in [0.5, 0.6) is 0 Å². The molecular weight excluding hydrogens is 603 g/mol. The van der Waals surface area contributed by atoms with Gasteiger partial charge in [0.2, 0.25) is 0 Å². The molecule has 9 nitrogen and oxygen atoms in total. The molecule has 0 unspecified atom stereocenters. The number of carboxylic acids is 1. The smallest absolute Gasteiger partial charge is 0.338 e. The fourth-order valence-electron chi connectivity index (χ4n) is 4.70. The predicted molar refractivity (Wildman–Crippen MR) is 170 cm³/mol. The minimum absolute atomic E-state index is 0.00399. The molecule has 0 saturated heterocycles. The number of hydrogen-bond acceptors (Lipinski definition) is 8. The monoisotopic (exact) mass is 626 g/mol. The molecule has 0 spiro atoms. The second kappa shape index (κ2) is 13.1. The second-order valence-electron chi connectivity index (χ2n) is 9.78. The SMILES string of the molecule is Cc1nc2cnc(/C=C/CN(C)CCF)c(C#N)c2c(=O)n1CC#Cc1ccc(Cl)cc1-c1ccnc2c(C(=O)O)csc12. The number of benzene rings is 1. The highest BCUT2D eigenvalue weighted by Gasteiger charge is 2.18. The van der Waals surface area contributed by atoms with Crippen molar-refractivity contribution in [2.75, 3.05) is 26.8 Å². The average molecular weight is 627 g/mol. The first-order valence-corrected chi connectivity index (χ1v) is 14.6. The van der Waals surface area contributed by atoms with Gasteiger partial charge in [0.15, 0.2) is 0 Å². The van der Waals surface area contributed by atoms with Gasteiger partial charge in [0.05, 0.1) is 50.7 Å². The van der Waals surface area contributed by atoms with Crippen LogP contribution < -0.4 is 5.56 Å². The van der Waals surface area contributed by atoms with Crippen LogP contribution >= 0.6 is 22.9 Å². The van der Waals surface area contributed by atoms with Crippen LogP contribution in [0.1, 0.15) is 33.0 Å². The van der Waals surface area contributed by atoms with Gasteiger partial charge in [0.25, 0.3) is 5.56 Å². The van der Waals surface area contributed by atoms with Gasteiger partial charge in [-0.25, -0.2) is 14.2 Å². The van der Waals surface area contributed by atoms with Crippen molar-refractivity contribution in [1.29, 1.82) is 5.26 Å². The Balaban J connectivity index is 1.53. The first kappa shape index (κ1) is 30.5. The maximum absolute atomic E-state index is 13.7. The molecule has 0 bridgehead atoms. The molecule has 4 heterocycles. The highest BCUT2D eigenvalue weighted by Crippen LogP contribution is 2.36. The van der Waals surface area contributed by atoms with E-state index in [-0.39, 0.29) is 29.6 Å². The Morgan fingerprint density at radius 2 is 2.09 bits per heavy atom. The Morgan fingerprint density at radius 1 is 1.27 bits per heavy atom. The zero-order valence-electron chi connectivity index (χ0n) is 23.6. The second-order valence-corrected chi connectivity index (χ2v) is 11.1. The largest absolute Gasteiger partial charge is 0.478 e. The first-order chi connectivity index (χ1) is 21.2. The Morgan fingerprint density at radius 3 is 2.84 bits per heavy atom. The molecule has 5 rings (SSSR count). The molecule has 44 heavy (non-hydrogen) atoms. The van der Waals surface area contributed by atoms with Crippen LogP contribution in [0.4, 0.5) is 4.39 Å². The number of nitriles is 1. The maximum Gasteiger partial charge on any atom is 0.338 e. The lowest BCUT2D eigenvalue weighted by molar-refractivity contribution is 0.0699. The molecule has 1 N–H and O–H groups in total. The van der Waals surface area contributed by atoms with E-state index in [1.807, 2.05) is 0 Å². The number of rotatable bonds is 8. The number of carboxylic acid groups (broad SMARTS) is 1. The quantitative estimate of drug-likeness (QED) is 0.222. The molecule has 0 fully saturated rings. The molecular formula is C32H24ClFN6O3S. The Hall–Kier alpha value is -4.94. The summed E-state index contributed by atoms with van der Waals surface area (Å²) in [7, 11) is 1.78. The van der Waals surface area contributed by atoms with E-state index in [4.69, 9.17) is 11.6 Å². The topological polar surface area (TPSA) is 125 Å². The summed E-state index contributed by atoms with van der Waals surface area (Å²) in [5, 5.41) is 21.7. The van der Waals surface area contributed by atoms with E-state index in [1.54, 1.807) is 66.9 Å². The minimum atomic E-state index is -1.06. The molecule has 0 radical (unpaired) electrons. The number of hydrogen-bond donors (Lipinski definition) is 1. The van der Waals surface area contributed by atoms with E-state index in [1.165, 1.54) is 22.1 Å². The molecule has 12 heteroatoms. The summed E-state index contributed by atoms with van der Waals surface area (Å²) in [4.78, 5) is 40.2. The summed E-state index contributed by atoms with van der Waals surface area (Å²) >= 11 is 7.62. The van der Waals surface area contributed by atoms with Crippen molar-refractivity contribution in [3.63, 3.8) is 0 Å². The predicted octanol–water partition coefficient (Wildman–Crippen LogP) is 5.57. The van der Waals surface area contributed by atoms with Crippen LogP contribution in [0.25, 0.3) is 38.3 Å². The number of fused-ring (bicyclic) bond motifs is 2. The highest BCUT2D eigenvalue weighted by atomic mass is 35.5.